The summed E-state index contributed by atoms with van der Waals surface area (Å²) in [6.07, 6.45) is -1.82. The Balaban J connectivity index is 3.03. The minimum absolute atomic E-state index is 0.0216. The van der Waals surface area contributed by atoms with Gasteiger partial charge in [-0.1, -0.05) is 53.0 Å². The lowest BCUT2D eigenvalue weighted by atomic mass is 10.2. The molecule has 4 nitrogen and oxygen atoms in total. The van der Waals surface area contributed by atoms with Crippen molar-refractivity contribution in [3.63, 3.8) is 0 Å². The van der Waals surface area contributed by atoms with Crippen LogP contribution in [0.2, 0.25) is 0 Å². The molecule has 96 valence electrons. The molecule has 0 spiro atoms. The third kappa shape index (κ3) is 3.98. The van der Waals surface area contributed by atoms with Crippen LogP contribution in [-0.4, -0.2) is 23.5 Å². The van der Waals surface area contributed by atoms with Gasteiger partial charge in [0.05, 0.1) is 4.90 Å². The Hall–Kier alpha value is -0.0400. The number of hydrogen-bond acceptors (Lipinski definition) is 3. The fourth-order valence-electron chi connectivity index (χ4n) is 1.14. The second kappa shape index (κ2) is 5.30. The third-order valence-electron chi connectivity index (χ3n) is 1.96. The Labute approximate surface area is 115 Å². The molecule has 8 heteroatoms. The van der Waals surface area contributed by atoms with Crippen molar-refractivity contribution >= 4 is 44.8 Å². The van der Waals surface area contributed by atoms with Crippen molar-refractivity contribution in [2.24, 2.45) is 0 Å². The standard InChI is InChI=1S/C9H10Cl3NO3S/c1-6-4-2-3-5-7(6)17(15,16)13-8(14)9(10,11)12/h2-5,8,13-14H,1H3/t8-/m0/s1. The first-order chi connectivity index (χ1) is 7.64. The predicted molar refractivity (Wildman–Crippen MR) is 67.8 cm³/mol. The van der Waals surface area contributed by atoms with Gasteiger partial charge in [0.1, 0.15) is 0 Å². The zero-order valence-corrected chi connectivity index (χ0v) is 11.8. The Morgan fingerprint density at radius 1 is 1.29 bits per heavy atom. The number of hydrogen-bond donors (Lipinski definition) is 2. The van der Waals surface area contributed by atoms with Crippen molar-refractivity contribution in [3.8, 4) is 0 Å². The number of benzene rings is 1. The Morgan fingerprint density at radius 2 is 1.82 bits per heavy atom. The highest BCUT2D eigenvalue weighted by Gasteiger charge is 2.34. The molecule has 2 N–H and O–H groups in total. The van der Waals surface area contributed by atoms with Gasteiger partial charge in [0.2, 0.25) is 13.8 Å². The maximum Gasteiger partial charge on any atom is 0.243 e. The molecule has 17 heavy (non-hydrogen) atoms. The molecule has 0 aliphatic rings. The average molecular weight is 319 g/mol. The first-order valence-corrected chi connectivity index (χ1v) is 7.09. The summed E-state index contributed by atoms with van der Waals surface area (Å²) in [7, 11) is -3.93. The Kier molecular flexibility index (Phi) is 4.68. The average Bonchev–Trinajstić information content (AvgIpc) is 2.15. The van der Waals surface area contributed by atoms with Gasteiger partial charge < -0.3 is 5.11 Å². The summed E-state index contributed by atoms with van der Waals surface area (Å²) in [6, 6.07) is 6.27. The molecule has 0 fully saturated rings. The van der Waals surface area contributed by atoms with Crippen molar-refractivity contribution in [3.05, 3.63) is 29.8 Å². The molecule has 1 atom stereocenters. The zero-order chi connectivity index (χ0) is 13.3. The minimum Gasteiger partial charge on any atom is -0.373 e. The molecule has 0 aliphatic heterocycles. The molecule has 0 amide bonds. The van der Waals surface area contributed by atoms with Crippen molar-refractivity contribution in [1.29, 1.82) is 0 Å². The normalized spacial score (nSPS) is 14.6. The second-order valence-corrected chi connectivity index (χ2v) is 7.38. The fraction of sp³-hybridized carbons (Fsp3) is 0.333. The number of aliphatic hydroxyl groups is 1. The highest BCUT2D eigenvalue weighted by molar-refractivity contribution is 7.89. The van der Waals surface area contributed by atoms with E-state index in [1.165, 1.54) is 6.07 Å². The summed E-state index contributed by atoms with van der Waals surface area (Å²) >= 11 is 16.1. The van der Waals surface area contributed by atoms with Crippen molar-refractivity contribution in [2.45, 2.75) is 21.8 Å². The lowest BCUT2D eigenvalue weighted by molar-refractivity contribution is 0.167. The molecule has 0 bridgehead atoms. The summed E-state index contributed by atoms with van der Waals surface area (Å²) < 4.78 is 23.5. The number of aryl methyl sites for hydroxylation is 1. The van der Waals surface area contributed by atoms with Gasteiger partial charge in [-0.2, -0.15) is 4.72 Å². The largest absolute Gasteiger partial charge is 0.373 e. The smallest absolute Gasteiger partial charge is 0.243 e. The molecule has 0 radical (unpaired) electrons. The Bertz CT molecular complexity index is 498. The minimum atomic E-state index is -3.93. The van der Waals surface area contributed by atoms with Gasteiger partial charge >= 0.3 is 0 Å². The lowest BCUT2D eigenvalue weighted by Crippen LogP contribution is -2.43. The third-order valence-corrected chi connectivity index (χ3v) is 4.15. The molecular weight excluding hydrogens is 309 g/mol. The monoisotopic (exact) mass is 317 g/mol. The van der Waals surface area contributed by atoms with Gasteiger partial charge in [0.25, 0.3) is 0 Å². The van der Waals surface area contributed by atoms with Gasteiger partial charge in [-0.3, -0.25) is 0 Å². The topological polar surface area (TPSA) is 66.4 Å². The molecule has 0 aliphatic carbocycles. The zero-order valence-electron chi connectivity index (χ0n) is 8.69. The first kappa shape index (κ1) is 15.0. The summed E-state index contributed by atoms with van der Waals surface area (Å²) in [5.41, 5.74) is 0.525. The molecule has 1 aromatic rings. The van der Waals surface area contributed by atoms with E-state index in [-0.39, 0.29) is 4.90 Å². The first-order valence-electron chi connectivity index (χ1n) is 4.47. The van der Waals surface area contributed by atoms with Crippen LogP contribution in [0.25, 0.3) is 0 Å². The van der Waals surface area contributed by atoms with Gasteiger partial charge in [-0.05, 0) is 18.6 Å². The SMILES string of the molecule is Cc1ccccc1S(=O)(=O)N[C@@H](O)C(Cl)(Cl)Cl. The molecule has 1 rings (SSSR count). The molecule has 0 heterocycles. The number of halogens is 3. The van der Waals surface area contributed by atoms with Crippen LogP contribution in [-0.2, 0) is 10.0 Å². The van der Waals surface area contributed by atoms with Crippen molar-refractivity contribution in [2.75, 3.05) is 0 Å². The van der Waals surface area contributed by atoms with Crippen LogP contribution in [0, 0.1) is 6.92 Å². The van der Waals surface area contributed by atoms with E-state index in [0.29, 0.717) is 5.56 Å². The quantitative estimate of drug-likeness (QED) is 0.661. The number of nitrogens with one attached hydrogen (secondary N) is 1. The number of alkyl halides is 3. The van der Waals surface area contributed by atoms with Gasteiger partial charge in [-0.25, -0.2) is 8.42 Å². The van der Waals surface area contributed by atoms with E-state index in [1.54, 1.807) is 25.1 Å². The van der Waals surface area contributed by atoms with Crippen molar-refractivity contribution < 1.29 is 13.5 Å². The van der Waals surface area contributed by atoms with E-state index in [4.69, 9.17) is 34.8 Å². The van der Waals surface area contributed by atoms with Gasteiger partial charge in [-0.15, -0.1) is 0 Å². The van der Waals surface area contributed by atoms with E-state index in [9.17, 15) is 13.5 Å². The molecule has 0 saturated heterocycles. The van der Waals surface area contributed by atoms with E-state index < -0.39 is 20.0 Å². The summed E-state index contributed by atoms with van der Waals surface area (Å²) in [6.45, 7) is 1.62. The summed E-state index contributed by atoms with van der Waals surface area (Å²) in [5, 5.41) is 9.39. The predicted octanol–water partition coefficient (Wildman–Crippen LogP) is 1.96. The van der Waals surface area contributed by atoms with E-state index >= 15 is 0 Å². The van der Waals surface area contributed by atoms with E-state index in [0.717, 1.165) is 0 Å². The molecule has 0 aromatic heterocycles. The number of sulfonamides is 1. The van der Waals surface area contributed by atoms with Crippen molar-refractivity contribution in [1.82, 2.24) is 4.72 Å². The maximum atomic E-state index is 11.9. The molecule has 1 aromatic carbocycles. The van der Waals surface area contributed by atoms with Gasteiger partial charge in [0.15, 0.2) is 6.23 Å². The fourth-order valence-corrected chi connectivity index (χ4v) is 2.84. The summed E-state index contributed by atoms with van der Waals surface area (Å²) in [4.78, 5) is 0.0216. The molecule has 0 saturated carbocycles. The maximum absolute atomic E-state index is 11.9. The second-order valence-electron chi connectivity index (χ2n) is 3.33. The van der Waals surface area contributed by atoms with Crippen LogP contribution in [0.5, 0.6) is 0 Å². The Morgan fingerprint density at radius 3 is 2.29 bits per heavy atom. The number of aliphatic hydroxyl groups excluding tert-OH is 1. The lowest BCUT2D eigenvalue weighted by Gasteiger charge is -2.20. The van der Waals surface area contributed by atoms with E-state index in [1.807, 2.05) is 4.72 Å². The molecular formula is C9H10Cl3NO3S. The van der Waals surface area contributed by atoms with Gasteiger partial charge in [0, 0.05) is 0 Å². The molecule has 0 unspecified atom stereocenters. The van der Waals surface area contributed by atoms with Crippen LogP contribution in [0.3, 0.4) is 0 Å². The van der Waals surface area contributed by atoms with Crippen LogP contribution in [0.15, 0.2) is 29.2 Å². The highest BCUT2D eigenvalue weighted by atomic mass is 35.6. The summed E-state index contributed by atoms with van der Waals surface area (Å²) in [5.74, 6) is 0. The van der Waals surface area contributed by atoms with Crippen LogP contribution in [0.4, 0.5) is 0 Å². The van der Waals surface area contributed by atoms with E-state index in [2.05, 4.69) is 0 Å². The van der Waals surface area contributed by atoms with Crippen LogP contribution < -0.4 is 4.72 Å². The van der Waals surface area contributed by atoms with Crippen LogP contribution in [0.1, 0.15) is 5.56 Å². The number of rotatable bonds is 3. The highest BCUT2D eigenvalue weighted by Crippen LogP contribution is 2.30. The van der Waals surface area contributed by atoms with Crippen LogP contribution >= 0.6 is 34.8 Å².